The van der Waals surface area contributed by atoms with E-state index in [0.29, 0.717) is 12.2 Å². The van der Waals surface area contributed by atoms with Crippen LogP contribution in [0.25, 0.3) is 5.52 Å². The molecule has 0 saturated heterocycles. The van der Waals surface area contributed by atoms with E-state index in [1.54, 1.807) is 6.20 Å². The predicted octanol–water partition coefficient (Wildman–Crippen LogP) is 5.02. The summed E-state index contributed by atoms with van der Waals surface area (Å²) in [5.41, 5.74) is 4.53. The molecule has 4 aromatic rings. The van der Waals surface area contributed by atoms with Gasteiger partial charge in [-0.05, 0) is 55.3 Å². The fourth-order valence-electron chi connectivity index (χ4n) is 3.51. The molecule has 0 aliphatic rings. The van der Waals surface area contributed by atoms with Gasteiger partial charge in [-0.15, -0.1) is 0 Å². The van der Waals surface area contributed by atoms with Gasteiger partial charge in [0.05, 0.1) is 29.4 Å². The van der Waals surface area contributed by atoms with Crippen molar-refractivity contribution in [1.82, 2.24) is 9.38 Å². The zero-order valence-electron chi connectivity index (χ0n) is 16.5. The first-order chi connectivity index (χ1) is 14.2. The summed E-state index contributed by atoms with van der Waals surface area (Å²) in [4.78, 5) is 17.0. The van der Waals surface area contributed by atoms with Gasteiger partial charge >= 0.3 is 5.97 Å². The number of hydrogen-bond acceptors (Lipinski definition) is 4. The van der Waals surface area contributed by atoms with Crippen LogP contribution in [0.4, 0.5) is 5.82 Å². The van der Waals surface area contributed by atoms with Crippen LogP contribution in [0.3, 0.4) is 0 Å². The van der Waals surface area contributed by atoms with Crippen molar-refractivity contribution in [3.05, 3.63) is 102 Å². The lowest BCUT2D eigenvalue weighted by Gasteiger charge is -2.20. The molecule has 4 rings (SSSR count). The molecule has 146 valence electrons. The molecule has 3 aromatic heterocycles. The molecule has 3 heterocycles. The van der Waals surface area contributed by atoms with Gasteiger partial charge in [-0.2, -0.15) is 0 Å². The average Bonchev–Trinajstić information content (AvgIpc) is 3.13. The topological polar surface area (TPSA) is 55.6 Å². The number of aryl methyl sites for hydroxylation is 1. The Labute approximate surface area is 170 Å². The third kappa shape index (κ3) is 3.85. The van der Waals surface area contributed by atoms with Crippen LogP contribution in [0.2, 0.25) is 0 Å². The van der Waals surface area contributed by atoms with E-state index in [2.05, 4.69) is 22.4 Å². The minimum atomic E-state index is -0.317. The summed E-state index contributed by atoms with van der Waals surface area (Å²) in [5, 5.41) is 3.54. The van der Waals surface area contributed by atoms with Crippen molar-refractivity contribution < 1.29 is 9.53 Å². The molecule has 0 fully saturated rings. The highest BCUT2D eigenvalue weighted by Gasteiger charge is 2.23. The number of rotatable bonds is 6. The predicted molar refractivity (Wildman–Crippen MR) is 114 cm³/mol. The molecule has 1 unspecified atom stereocenters. The zero-order valence-corrected chi connectivity index (χ0v) is 16.5. The van der Waals surface area contributed by atoms with E-state index in [-0.39, 0.29) is 12.0 Å². The smallest absolute Gasteiger partial charge is 0.340 e. The Morgan fingerprint density at radius 3 is 2.66 bits per heavy atom. The second-order valence-electron chi connectivity index (χ2n) is 6.87. The normalized spacial score (nSPS) is 11.9. The van der Waals surface area contributed by atoms with Crippen molar-refractivity contribution in [2.24, 2.45) is 0 Å². The van der Waals surface area contributed by atoms with Gasteiger partial charge in [0.2, 0.25) is 0 Å². The third-order valence-corrected chi connectivity index (χ3v) is 4.84. The summed E-state index contributed by atoms with van der Waals surface area (Å²) in [5.74, 6) is 0.463. The minimum Gasteiger partial charge on any atom is -0.462 e. The highest BCUT2D eigenvalue weighted by atomic mass is 16.5. The number of nitrogens with one attached hydrogen (secondary N) is 1. The second kappa shape index (κ2) is 8.19. The molecule has 1 N–H and O–H groups in total. The van der Waals surface area contributed by atoms with Crippen molar-refractivity contribution in [2.75, 3.05) is 11.9 Å². The standard InChI is InChI=1S/C24H23N3O2/c1-3-29-24(28)19-16-21(27-14-8-7-11-20(19)27)23(18-9-5-4-6-10-18)26-22-15-17(2)12-13-25-22/h4-16,23H,3H2,1-2H3,(H,25,26). The molecule has 5 heteroatoms. The Kier molecular flexibility index (Phi) is 5.29. The van der Waals surface area contributed by atoms with Gasteiger partial charge in [0.15, 0.2) is 0 Å². The maximum atomic E-state index is 12.6. The number of carbonyl (C=O) groups is 1. The maximum Gasteiger partial charge on any atom is 0.340 e. The minimum absolute atomic E-state index is 0.191. The first-order valence-electron chi connectivity index (χ1n) is 9.68. The Bertz CT molecular complexity index is 1140. The number of fused-ring (bicyclic) bond motifs is 1. The fraction of sp³-hybridized carbons (Fsp3) is 0.167. The van der Waals surface area contributed by atoms with Crippen LogP contribution < -0.4 is 5.32 Å². The lowest BCUT2D eigenvalue weighted by atomic mass is 10.0. The molecule has 29 heavy (non-hydrogen) atoms. The van der Waals surface area contributed by atoms with Crippen LogP contribution in [-0.2, 0) is 4.74 Å². The Morgan fingerprint density at radius 1 is 1.10 bits per heavy atom. The highest BCUT2D eigenvalue weighted by Crippen LogP contribution is 2.30. The van der Waals surface area contributed by atoms with Crippen LogP contribution in [0.15, 0.2) is 79.1 Å². The number of aromatic nitrogens is 2. The van der Waals surface area contributed by atoms with Gasteiger partial charge in [-0.1, -0.05) is 36.4 Å². The number of carbonyl (C=O) groups excluding carboxylic acids is 1. The number of anilines is 1. The van der Waals surface area contributed by atoms with Crippen molar-refractivity contribution in [1.29, 1.82) is 0 Å². The first-order valence-corrected chi connectivity index (χ1v) is 9.68. The molecule has 0 aliphatic carbocycles. The van der Waals surface area contributed by atoms with Crippen molar-refractivity contribution >= 4 is 17.3 Å². The summed E-state index contributed by atoms with van der Waals surface area (Å²) in [6.45, 7) is 4.19. The van der Waals surface area contributed by atoms with Gasteiger partial charge in [0.1, 0.15) is 5.82 Å². The Balaban J connectivity index is 1.86. The highest BCUT2D eigenvalue weighted by molar-refractivity contribution is 5.97. The molecule has 0 bridgehead atoms. The molecule has 1 aromatic carbocycles. The van der Waals surface area contributed by atoms with Crippen LogP contribution in [0, 0.1) is 6.92 Å². The van der Waals surface area contributed by atoms with Crippen LogP contribution >= 0.6 is 0 Å². The van der Waals surface area contributed by atoms with Crippen LogP contribution in [-0.4, -0.2) is 22.0 Å². The van der Waals surface area contributed by atoms with Gasteiger partial charge in [0.25, 0.3) is 0 Å². The van der Waals surface area contributed by atoms with Gasteiger partial charge < -0.3 is 14.5 Å². The zero-order chi connectivity index (χ0) is 20.2. The lowest BCUT2D eigenvalue weighted by Crippen LogP contribution is -2.15. The maximum absolute atomic E-state index is 12.6. The summed E-state index contributed by atoms with van der Waals surface area (Å²) in [7, 11) is 0. The molecule has 0 radical (unpaired) electrons. The third-order valence-electron chi connectivity index (χ3n) is 4.84. The second-order valence-corrected chi connectivity index (χ2v) is 6.87. The monoisotopic (exact) mass is 385 g/mol. The summed E-state index contributed by atoms with van der Waals surface area (Å²) in [6, 6.07) is 21.7. The molecular weight excluding hydrogens is 362 g/mol. The SMILES string of the molecule is CCOC(=O)c1cc(C(Nc2cc(C)ccn2)c2ccccc2)n2ccccc12. The van der Waals surface area contributed by atoms with E-state index in [1.165, 1.54) is 0 Å². The largest absolute Gasteiger partial charge is 0.462 e. The van der Waals surface area contributed by atoms with E-state index in [0.717, 1.165) is 28.2 Å². The number of hydrogen-bond donors (Lipinski definition) is 1. The molecule has 0 amide bonds. The molecular formula is C24H23N3O2. The number of benzene rings is 1. The fourth-order valence-corrected chi connectivity index (χ4v) is 3.51. The molecule has 0 saturated carbocycles. The number of ether oxygens (including phenoxy) is 1. The van der Waals surface area contributed by atoms with Crippen LogP contribution in [0.5, 0.6) is 0 Å². The Morgan fingerprint density at radius 2 is 1.90 bits per heavy atom. The van der Waals surface area contributed by atoms with Crippen molar-refractivity contribution in [3.63, 3.8) is 0 Å². The van der Waals surface area contributed by atoms with Gasteiger partial charge in [-0.3, -0.25) is 0 Å². The van der Waals surface area contributed by atoms with Gasteiger partial charge in [-0.25, -0.2) is 9.78 Å². The van der Waals surface area contributed by atoms with Crippen LogP contribution in [0.1, 0.15) is 40.1 Å². The molecule has 5 nitrogen and oxygen atoms in total. The average molecular weight is 385 g/mol. The number of esters is 1. The van der Waals surface area contributed by atoms with E-state index >= 15 is 0 Å². The summed E-state index contributed by atoms with van der Waals surface area (Å²) < 4.78 is 7.32. The molecule has 0 spiro atoms. The van der Waals surface area contributed by atoms with E-state index < -0.39 is 0 Å². The van der Waals surface area contributed by atoms with E-state index in [4.69, 9.17) is 4.74 Å². The summed E-state index contributed by atoms with van der Waals surface area (Å²) in [6.07, 6.45) is 3.76. The first kappa shape index (κ1) is 18.7. The molecule has 1 atom stereocenters. The number of nitrogens with zero attached hydrogens (tertiary/aromatic N) is 2. The quantitative estimate of drug-likeness (QED) is 0.474. The summed E-state index contributed by atoms with van der Waals surface area (Å²) >= 11 is 0. The van der Waals surface area contributed by atoms with Gasteiger partial charge in [0, 0.05) is 12.4 Å². The molecule has 0 aliphatic heterocycles. The van der Waals surface area contributed by atoms with E-state index in [9.17, 15) is 4.79 Å². The Hall–Kier alpha value is -3.60. The number of pyridine rings is 2. The van der Waals surface area contributed by atoms with Crippen molar-refractivity contribution in [2.45, 2.75) is 19.9 Å². The van der Waals surface area contributed by atoms with E-state index in [1.807, 2.05) is 79.0 Å². The van der Waals surface area contributed by atoms with Crippen molar-refractivity contribution in [3.8, 4) is 0 Å². The lowest BCUT2D eigenvalue weighted by molar-refractivity contribution is 0.0529.